The second kappa shape index (κ2) is 11.9. The summed E-state index contributed by atoms with van der Waals surface area (Å²) < 4.78 is 27.1. The number of rotatable bonds is 11. The van der Waals surface area contributed by atoms with E-state index in [0.717, 1.165) is 16.9 Å². The lowest BCUT2D eigenvalue weighted by molar-refractivity contribution is 0.102. The Hall–Kier alpha value is -4.18. The molecule has 9 heteroatoms. The normalized spacial score (nSPS) is 11.2. The molecule has 0 bridgehead atoms. The van der Waals surface area contributed by atoms with Crippen molar-refractivity contribution in [3.63, 3.8) is 0 Å². The van der Waals surface area contributed by atoms with Crippen LogP contribution < -0.4 is 5.32 Å². The summed E-state index contributed by atoms with van der Waals surface area (Å²) in [4.78, 5) is 31.3. The van der Waals surface area contributed by atoms with Gasteiger partial charge in [-0.05, 0) is 24.3 Å². The van der Waals surface area contributed by atoms with E-state index in [1.807, 2.05) is 36.4 Å². The number of aromatic nitrogens is 1. The molecule has 1 N–H and O–H groups in total. The Morgan fingerprint density at radius 3 is 2.00 bits per heavy atom. The zero-order chi connectivity index (χ0) is 27.1. The number of sulfonamides is 1. The Morgan fingerprint density at radius 2 is 1.42 bits per heavy atom. The summed E-state index contributed by atoms with van der Waals surface area (Å²) >= 11 is 1.09. The minimum atomic E-state index is -3.78. The number of anilines is 1. The number of ketones is 1. The number of hydrogen-bond acceptors (Lipinski definition) is 6. The van der Waals surface area contributed by atoms with E-state index in [9.17, 15) is 18.0 Å². The third-order valence-corrected chi connectivity index (χ3v) is 8.37. The van der Waals surface area contributed by atoms with Crippen molar-refractivity contribution >= 4 is 38.2 Å². The van der Waals surface area contributed by atoms with Gasteiger partial charge in [0.25, 0.3) is 5.91 Å². The van der Waals surface area contributed by atoms with Crippen molar-refractivity contribution in [1.82, 2.24) is 9.29 Å². The summed E-state index contributed by atoms with van der Waals surface area (Å²) in [6.45, 7) is 7.47. The van der Waals surface area contributed by atoms with Crippen LogP contribution in [0.3, 0.4) is 0 Å². The first kappa shape index (κ1) is 26.9. The van der Waals surface area contributed by atoms with E-state index in [2.05, 4.69) is 23.5 Å². The third kappa shape index (κ3) is 5.86. The molecular formula is C29H25N3O4S2. The van der Waals surface area contributed by atoms with Crippen LogP contribution in [0.1, 0.15) is 25.6 Å². The number of nitrogens with one attached hydrogen (secondary N) is 1. The minimum absolute atomic E-state index is 0.0501. The Kier molecular flexibility index (Phi) is 8.42. The molecule has 0 aliphatic heterocycles. The molecule has 0 saturated heterocycles. The molecule has 0 spiro atoms. The molecule has 0 atom stereocenters. The Bertz CT molecular complexity index is 1550. The summed E-state index contributed by atoms with van der Waals surface area (Å²) in [6.07, 6.45) is 2.99. The zero-order valence-corrected chi connectivity index (χ0v) is 22.0. The van der Waals surface area contributed by atoms with Gasteiger partial charge in [-0.1, -0.05) is 84.2 Å². The smallest absolute Gasteiger partial charge is 0.257 e. The topological polar surface area (TPSA) is 96.4 Å². The van der Waals surface area contributed by atoms with Gasteiger partial charge in [0.15, 0.2) is 5.13 Å². The second-order valence-electron chi connectivity index (χ2n) is 8.14. The first-order valence-corrected chi connectivity index (χ1v) is 13.9. The van der Waals surface area contributed by atoms with Gasteiger partial charge in [-0.25, -0.2) is 13.4 Å². The van der Waals surface area contributed by atoms with Gasteiger partial charge in [0.1, 0.15) is 4.88 Å². The fraction of sp³-hybridized carbons (Fsp3) is 0.0690. The molecule has 192 valence electrons. The number of hydrogen-bond donors (Lipinski definition) is 1. The van der Waals surface area contributed by atoms with E-state index in [-0.39, 0.29) is 34.5 Å². The van der Waals surface area contributed by atoms with Gasteiger partial charge in [0.2, 0.25) is 15.8 Å². The standard InChI is InChI=1S/C29H25N3O4S2/c1-3-19-32(20-4-2)38(35,36)24-17-15-23(16-18-24)28(34)31-29-30-25(21-11-7-5-8-12-21)27(37-29)26(33)22-13-9-6-10-14-22/h3-18H,1-2,19-20H2,(H,30,31,34). The molecule has 0 radical (unpaired) electrons. The summed E-state index contributed by atoms with van der Waals surface area (Å²) in [5.41, 5.74) is 1.99. The molecule has 1 amide bonds. The summed E-state index contributed by atoms with van der Waals surface area (Å²) in [5.74, 6) is -0.671. The average Bonchev–Trinajstić information content (AvgIpc) is 3.37. The predicted molar refractivity (Wildman–Crippen MR) is 151 cm³/mol. The summed E-state index contributed by atoms with van der Waals surface area (Å²) in [5, 5.41) is 3.00. The van der Waals surface area contributed by atoms with E-state index < -0.39 is 15.9 Å². The number of amides is 1. The van der Waals surface area contributed by atoms with Crippen LogP contribution >= 0.6 is 11.3 Å². The number of carbonyl (C=O) groups is 2. The maximum Gasteiger partial charge on any atom is 0.257 e. The van der Waals surface area contributed by atoms with E-state index in [0.29, 0.717) is 16.1 Å². The van der Waals surface area contributed by atoms with Crippen LogP contribution in [-0.2, 0) is 10.0 Å². The van der Waals surface area contributed by atoms with Crippen molar-refractivity contribution in [2.45, 2.75) is 4.90 Å². The van der Waals surface area contributed by atoms with Crippen molar-refractivity contribution in [3.8, 4) is 11.3 Å². The molecule has 4 rings (SSSR count). The van der Waals surface area contributed by atoms with Crippen molar-refractivity contribution < 1.29 is 18.0 Å². The van der Waals surface area contributed by atoms with Gasteiger partial charge in [-0.3, -0.25) is 14.9 Å². The molecule has 38 heavy (non-hydrogen) atoms. The molecule has 0 fully saturated rings. The molecule has 3 aromatic carbocycles. The molecule has 0 aliphatic carbocycles. The van der Waals surface area contributed by atoms with Crippen LogP contribution in [0.4, 0.5) is 5.13 Å². The Balaban J connectivity index is 1.60. The van der Waals surface area contributed by atoms with Crippen molar-refractivity contribution in [1.29, 1.82) is 0 Å². The van der Waals surface area contributed by atoms with Gasteiger partial charge in [0, 0.05) is 29.8 Å². The first-order chi connectivity index (χ1) is 18.3. The summed E-state index contributed by atoms with van der Waals surface area (Å²) in [7, 11) is -3.78. The van der Waals surface area contributed by atoms with E-state index >= 15 is 0 Å². The first-order valence-electron chi connectivity index (χ1n) is 11.6. The van der Waals surface area contributed by atoms with Gasteiger partial charge in [0.05, 0.1) is 10.6 Å². The number of thiazole rings is 1. The van der Waals surface area contributed by atoms with Gasteiger partial charge in [-0.2, -0.15) is 4.31 Å². The molecule has 4 aromatic rings. The fourth-order valence-corrected chi connectivity index (χ4v) is 6.02. The molecule has 0 unspecified atom stereocenters. The van der Waals surface area contributed by atoms with Crippen LogP contribution in [0.15, 0.2) is 115 Å². The number of nitrogens with zero attached hydrogens (tertiary/aromatic N) is 2. The monoisotopic (exact) mass is 543 g/mol. The van der Waals surface area contributed by atoms with Crippen LogP contribution in [0.25, 0.3) is 11.3 Å². The maximum atomic E-state index is 13.3. The maximum absolute atomic E-state index is 13.3. The average molecular weight is 544 g/mol. The molecule has 0 aliphatic rings. The van der Waals surface area contributed by atoms with Gasteiger partial charge in [-0.15, -0.1) is 13.2 Å². The zero-order valence-electron chi connectivity index (χ0n) is 20.4. The highest BCUT2D eigenvalue weighted by Gasteiger charge is 2.24. The fourth-order valence-electron chi connectivity index (χ4n) is 3.70. The van der Waals surface area contributed by atoms with Gasteiger partial charge >= 0.3 is 0 Å². The lowest BCUT2D eigenvalue weighted by atomic mass is 10.1. The molecule has 1 heterocycles. The molecular weight excluding hydrogens is 518 g/mol. The predicted octanol–water partition coefficient (Wildman–Crippen LogP) is 5.66. The number of carbonyl (C=O) groups excluding carboxylic acids is 2. The van der Waals surface area contributed by atoms with E-state index in [1.54, 1.807) is 24.3 Å². The summed E-state index contributed by atoms with van der Waals surface area (Å²) in [6, 6.07) is 23.8. The number of benzene rings is 3. The van der Waals surface area contributed by atoms with Crippen LogP contribution in [0.5, 0.6) is 0 Å². The molecule has 0 saturated carbocycles. The molecule has 7 nitrogen and oxygen atoms in total. The lowest BCUT2D eigenvalue weighted by Gasteiger charge is -2.19. The minimum Gasteiger partial charge on any atom is -0.298 e. The van der Waals surface area contributed by atoms with Crippen molar-refractivity contribution in [3.05, 3.63) is 126 Å². The van der Waals surface area contributed by atoms with Crippen LogP contribution in [0.2, 0.25) is 0 Å². The van der Waals surface area contributed by atoms with E-state index in [4.69, 9.17) is 0 Å². The highest BCUT2D eigenvalue weighted by Crippen LogP contribution is 2.33. The highest BCUT2D eigenvalue weighted by molar-refractivity contribution is 7.89. The Labute approximate surface area is 225 Å². The third-order valence-electron chi connectivity index (χ3n) is 5.56. The van der Waals surface area contributed by atoms with E-state index in [1.165, 1.54) is 40.7 Å². The lowest BCUT2D eigenvalue weighted by Crippen LogP contribution is -2.31. The molecule has 1 aromatic heterocycles. The van der Waals surface area contributed by atoms with Crippen molar-refractivity contribution in [2.75, 3.05) is 18.4 Å². The largest absolute Gasteiger partial charge is 0.298 e. The van der Waals surface area contributed by atoms with Gasteiger partial charge < -0.3 is 0 Å². The second-order valence-corrected chi connectivity index (χ2v) is 11.1. The Morgan fingerprint density at radius 1 is 0.842 bits per heavy atom. The quantitative estimate of drug-likeness (QED) is 0.195. The van der Waals surface area contributed by atoms with Crippen molar-refractivity contribution in [2.24, 2.45) is 0 Å². The van der Waals surface area contributed by atoms with Crippen LogP contribution in [0, 0.1) is 0 Å². The SMILES string of the molecule is C=CCN(CC=C)S(=O)(=O)c1ccc(C(=O)Nc2nc(-c3ccccc3)c(C(=O)c3ccccc3)s2)cc1. The van der Waals surface area contributed by atoms with Crippen LogP contribution in [-0.4, -0.2) is 42.5 Å². The highest BCUT2D eigenvalue weighted by atomic mass is 32.2.